The van der Waals surface area contributed by atoms with Crippen LogP contribution in [0.3, 0.4) is 0 Å². The van der Waals surface area contributed by atoms with Gasteiger partial charge in [-0.1, -0.05) is 45.5 Å². The fraction of sp³-hybridized carbons (Fsp3) is 0.400. The van der Waals surface area contributed by atoms with Crippen molar-refractivity contribution >= 4 is 17.7 Å². The van der Waals surface area contributed by atoms with E-state index in [9.17, 15) is 4.79 Å². The second-order valence-electron chi connectivity index (χ2n) is 7.77. The molecule has 3 rings (SSSR count). The molecule has 126 valence electrons. The van der Waals surface area contributed by atoms with Gasteiger partial charge in [-0.25, -0.2) is 9.78 Å². The maximum absolute atomic E-state index is 10.9. The molecule has 0 spiro atoms. The number of hydrogen-bond acceptors (Lipinski definition) is 3. The monoisotopic (exact) mass is 341 g/mol. The summed E-state index contributed by atoms with van der Waals surface area (Å²) in [6.07, 6.45) is 3.81. The third-order valence-corrected chi connectivity index (χ3v) is 5.97. The summed E-state index contributed by atoms with van der Waals surface area (Å²) in [6.45, 7) is 9.27. The normalized spacial score (nSPS) is 18.0. The number of benzene rings is 1. The average Bonchev–Trinajstić information content (AvgIpc) is 2.52. The van der Waals surface area contributed by atoms with Crippen molar-refractivity contribution in [3.8, 4) is 0 Å². The van der Waals surface area contributed by atoms with E-state index in [4.69, 9.17) is 5.11 Å². The van der Waals surface area contributed by atoms with E-state index in [1.54, 1.807) is 23.9 Å². The van der Waals surface area contributed by atoms with E-state index < -0.39 is 5.97 Å². The molecule has 0 amide bonds. The van der Waals surface area contributed by atoms with Crippen LogP contribution in [-0.4, -0.2) is 16.1 Å². The molecule has 3 nitrogen and oxygen atoms in total. The van der Waals surface area contributed by atoms with Gasteiger partial charge in [-0.3, -0.25) is 0 Å². The molecule has 0 fully saturated rings. The van der Waals surface area contributed by atoms with Crippen LogP contribution in [0.4, 0.5) is 0 Å². The van der Waals surface area contributed by atoms with Gasteiger partial charge in [-0.15, -0.1) is 0 Å². The van der Waals surface area contributed by atoms with Crippen LogP contribution in [0.25, 0.3) is 0 Å². The average molecular weight is 341 g/mol. The van der Waals surface area contributed by atoms with Gasteiger partial charge in [-0.05, 0) is 59.1 Å². The molecule has 1 aliphatic carbocycles. The quantitative estimate of drug-likeness (QED) is 0.825. The van der Waals surface area contributed by atoms with E-state index in [1.807, 2.05) is 0 Å². The Kier molecular flexibility index (Phi) is 4.20. The third-order valence-electron chi connectivity index (χ3n) is 5.03. The molecule has 1 aromatic carbocycles. The van der Waals surface area contributed by atoms with Gasteiger partial charge in [0, 0.05) is 11.1 Å². The van der Waals surface area contributed by atoms with Crippen molar-refractivity contribution < 1.29 is 9.90 Å². The van der Waals surface area contributed by atoms with Crippen LogP contribution in [0.1, 0.15) is 62.0 Å². The molecule has 0 bridgehead atoms. The summed E-state index contributed by atoms with van der Waals surface area (Å²) in [5, 5.41) is 9.77. The van der Waals surface area contributed by atoms with Crippen LogP contribution in [-0.2, 0) is 10.8 Å². The zero-order chi connectivity index (χ0) is 17.5. The molecule has 0 saturated heterocycles. The standard InChI is InChI=1S/C20H23NO2S/c1-19(2)9-10-20(3,4)16-11-14(6-7-15(16)19)24-17-8-5-13(12-21-17)18(22)23/h5-8,11-12H,9-10H2,1-4H3,(H,22,23). The number of rotatable bonds is 3. The van der Waals surface area contributed by atoms with Gasteiger partial charge in [0.05, 0.1) is 5.56 Å². The molecule has 1 aromatic heterocycles. The number of fused-ring (bicyclic) bond motifs is 1. The molecule has 24 heavy (non-hydrogen) atoms. The molecule has 0 saturated carbocycles. The van der Waals surface area contributed by atoms with Gasteiger partial charge >= 0.3 is 5.97 Å². The van der Waals surface area contributed by atoms with Crippen molar-refractivity contribution in [2.24, 2.45) is 0 Å². The minimum Gasteiger partial charge on any atom is -0.478 e. The van der Waals surface area contributed by atoms with Crippen LogP contribution in [0.2, 0.25) is 0 Å². The lowest BCUT2D eigenvalue weighted by Gasteiger charge is -2.42. The van der Waals surface area contributed by atoms with E-state index >= 15 is 0 Å². The van der Waals surface area contributed by atoms with Gasteiger partial charge in [0.15, 0.2) is 0 Å². The molecule has 4 heteroatoms. The highest BCUT2D eigenvalue weighted by Gasteiger charge is 2.36. The number of carbonyl (C=O) groups is 1. The lowest BCUT2D eigenvalue weighted by molar-refractivity contribution is 0.0696. The Hall–Kier alpha value is -1.81. The fourth-order valence-electron chi connectivity index (χ4n) is 3.32. The van der Waals surface area contributed by atoms with Crippen LogP contribution in [0.15, 0.2) is 46.5 Å². The summed E-state index contributed by atoms with van der Waals surface area (Å²) in [6, 6.07) is 10.1. The molecule has 0 unspecified atom stereocenters. The number of pyridine rings is 1. The van der Waals surface area contributed by atoms with E-state index in [0.29, 0.717) is 0 Å². The summed E-state index contributed by atoms with van der Waals surface area (Å²) in [4.78, 5) is 16.3. The van der Waals surface area contributed by atoms with E-state index in [0.717, 1.165) is 9.92 Å². The van der Waals surface area contributed by atoms with Crippen molar-refractivity contribution in [2.75, 3.05) is 0 Å². The Morgan fingerprint density at radius 2 is 1.71 bits per heavy atom. The minimum absolute atomic E-state index is 0.183. The van der Waals surface area contributed by atoms with Crippen molar-refractivity contribution in [1.29, 1.82) is 0 Å². The summed E-state index contributed by atoms with van der Waals surface area (Å²) < 4.78 is 0. The smallest absolute Gasteiger partial charge is 0.337 e. The largest absolute Gasteiger partial charge is 0.478 e. The Morgan fingerprint density at radius 1 is 1.04 bits per heavy atom. The molecule has 1 N–H and O–H groups in total. The number of carboxylic acids is 1. The predicted molar refractivity (Wildman–Crippen MR) is 97.0 cm³/mol. The second kappa shape index (κ2) is 5.92. The Labute approximate surface area is 147 Å². The van der Waals surface area contributed by atoms with Crippen LogP contribution >= 0.6 is 11.8 Å². The van der Waals surface area contributed by atoms with Crippen molar-refractivity contribution in [3.63, 3.8) is 0 Å². The van der Waals surface area contributed by atoms with Crippen molar-refractivity contribution in [1.82, 2.24) is 4.98 Å². The molecular formula is C20H23NO2S. The first-order valence-corrected chi connectivity index (χ1v) is 9.03. The van der Waals surface area contributed by atoms with Crippen molar-refractivity contribution in [3.05, 3.63) is 53.2 Å². The zero-order valence-electron chi connectivity index (χ0n) is 14.6. The van der Waals surface area contributed by atoms with E-state index in [-0.39, 0.29) is 16.4 Å². The number of hydrogen-bond donors (Lipinski definition) is 1. The van der Waals surface area contributed by atoms with Gasteiger partial charge in [0.1, 0.15) is 5.03 Å². The van der Waals surface area contributed by atoms with Gasteiger partial charge < -0.3 is 5.11 Å². The first kappa shape index (κ1) is 17.0. The molecule has 0 radical (unpaired) electrons. The summed E-state index contributed by atoms with van der Waals surface area (Å²) >= 11 is 1.58. The highest BCUT2D eigenvalue weighted by Crippen LogP contribution is 2.47. The molecular weight excluding hydrogens is 318 g/mol. The Morgan fingerprint density at radius 3 is 2.29 bits per heavy atom. The number of aromatic nitrogens is 1. The molecule has 2 aromatic rings. The number of nitrogens with zero attached hydrogens (tertiary/aromatic N) is 1. The third kappa shape index (κ3) is 3.20. The first-order valence-electron chi connectivity index (χ1n) is 8.21. The Balaban J connectivity index is 1.92. The highest BCUT2D eigenvalue weighted by atomic mass is 32.2. The Bertz CT molecular complexity index is 779. The fourth-order valence-corrected chi connectivity index (χ4v) is 4.12. The van der Waals surface area contributed by atoms with Crippen LogP contribution < -0.4 is 0 Å². The van der Waals surface area contributed by atoms with Gasteiger partial charge in [-0.2, -0.15) is 0 Å². The summed E-state index contributed by atoms with van der Waals surface area (Å²) in [7, 11) is 0. The maximum Gasteiger partial charge on any atom is 0.337 e. The summed E-state index contributed by atoms with van der Waals surface area (Å²) in [5.41, 5.74) is 3.48. The number of carboxylic acid groups (broad SMARTS) is 1. The maximum atomic E-state index is 10.9. The topological polar surface area (TPSA) is 50.2 Å². The first-order chi connectivity index (χ1) is 11.2. The number of aromatic carboxylic acids is 1. The van der Waals surface area contributed by atoms with Crippen LogP contribution in [0, 0.1) is 0 Å². The molecule has 0 atom stereocenters. The highest BCUT2D eigenvalue weighted by molar-refractivity contribution is 7.99. The molecule has 1 aliphatic rings. The lowest BCUT2D eigenvalue weighted by Crippen LogP contribution is -2.33. The molecule has 0 aliphatic heterocycles. The van der Waals surface area contributed by atoms with E-state index in [2.05, 4.69) is 50.9 Å². The van der Waals surface area contributed by atoms with Crippen molar-refractivity contribution in [2.45, 2.75) is 61.3 Å². The van der Waals surface area contributed by atoms with Gasteiger partial charge in [0.25, 0.3) is 0 Å². The lowest BCUT2D eigenvalue weighted by atomic mass is 9.63. The SMILES string of the molecule is CC1(C)CCC(C)(C)c2cc(Sc3ccc(C(=O)O)cn3)ccc21. The summed E-state index contributed by atoms with van der Waals surface area (Å²) in [5.74, 6) is -0.947. The zero-order valence-corrected chi connectivity index (χ0v) is 15.4. The second-order valence-corrected chi connectivity index (χ2v) is 8.86. The minimum atomic E-state index is -0.947. The predicted octanol–water partition coefficient (Wildman–Crippen LogP) is 5.28. The molecule has 1 heterocycles. The van der Waals surface area contributed by atoms with E-state index in [1.165, 1.54) is 30.2 Å². The van der Waals surface area contributed by atoms with Gasteiger partial charge in [0.2, 0.25) is 0 Å². The van der Waals surface area contributed by atoms with Crippen LogP contribution in [0.5, 0.6) is 0 Å².